The van der Waals surface area contributed by atoms with Gasteiger partial charge in [0.2, 0.25) is 0 Å². The summed E-state index contributed by atoms with van der Waals surface area (Å²) >= 11 is 3.44. The normalized spacial score (nSPS) is 11.8. The lowest BCUT2D eigenvalue weighted by atomic mass is 9.85. The summed E-state index contributed by atoms with van der Waals surface area (Å²) in [5, 5.41) is 0. The highest BCUT2D eigenvalue weighted by Crippen LogP contribution is 2.31. The van der Waals surface area contributed by atoms with Crippen LogP contribution in [0.4, 0.5) is 5.82 Å². The number of halogens is 1. The van der Waals surface area contributed by atoms with Gasteiger partial charge in [0, 0.05) is 0 Å². The molecule has 0 spiro atoms. The molecule has 0 saturated carbocycles. The molecule has 1 rings (SSSR count). The predicted octanol–water partition coefficient (Wildman–Crippen LogP) is 3.03. The van der Waals surface area contributed by atoms with Gasteiger partial charge in [0.15, 0.2) is 0 Å². The van der Waals surface area contributed by atoms with Crippen LogP contribution in [-0.2, 0) is 5.41 Å². The molecule has 0 saturated heterocycles. The van der Waals surface area contributed by atoms with Gasteiger partial charge in [-0.3, -0.25) is 0 Å². The van der Waals surface area contributed by atoms with E-state index in [1.807, 2.05) is 6.07 Å². The molecule has 13 heavy (non-hydrogen) atoms. The topological polar surface area (TPSA) is 38.9 Å². The van der Waals surface area contributed by atoms with E-state index >= 15 is 0 Å². The van der Waals surface area contributed by atoms with Crippen molar-refractivity contribution in [2.24, 2.45) is 0 Å². The maximum atomic E-state index is 5.63. The van der Waals surface area contributed by atoms with E-state index in [2.05, 4.69) is 48.6 Å². The SMILES string of the molecule is Cc1cc(N)nc(Br)c1C(C)(C)C. The second kappa shape index (κ2) is 3.29. The number of rotatable bonds is 0. The minimum atomic E-state index is 0.101. The highest BCUT2D eigenvalue weighted by Gasteiger charge is 2.20. The van der Waals surface area contributed by atoms with E-state index in [0.717, 1.165) is 4.60 Å². The molecule has 0 aromatic carbocycles. The molecule has 2 nitrogen and oxygen atoms in total. The maximum Gasteiger partial charge on any atom is 0.124 e. The molecule has 3 heteroatoms. The summed E-state index contributed by atoms with van der Waals surface area (Å²) in [7, 11) is 0. The van der Waals surface area contributed by atoms with Gasteiger partial charge in [-0.1, -0.05) is 20.8 Å². The second-order valence-electron chi connectivity index (χ2n) is 4.28. The van der Waals surface area contributed by atoms with Crippen molar-refractivity contribution in [3.05, 3.63) is 21.8 Å². The number of nitrogens with two attached hydrogens (primary N) is 1. The Morgan fingerprint density at radius 3 is 2.31 bits per heavy atom. The molecule has 0 aliphatic carbocycles. The number of pyridine rings is 1. The highest BCUT2D eigenvalue weighted by atomic mass is 79.9. The molecular formula is C10H15BrN2. The van der Waals surface area contributed by atoms with Gasteiger partial charge in [0.05, 0.1) is 0 Å². The zero-order chi connectivity index (χ0) is 10.2. The Kier molecular flexibility index (Phi) is 2.66. The van der Waals surface area contributed by atoms with Crippen LogP contribution in [0, 0.1) is 6.92 Å². The average molecular weight is 243 g/mol. The summed E-state index contributed by atoms with van der Waals surface area (Å²) < 4.78 is 0.859. The number of nitrogens with zero attached hydrogens (tertiary/aromatic N) is 1. The molecule has 0 atom stereocenters. The lowest BCUT2D eigenvalue weighted by Crippen LogP contribution is -2.15. The fourth-order valence-electron chi connectivity index (χ4n) is 1.56. The Morgan fingerprint density at radius 2 is 1.92 bits per heavy atom. The van der Waals surface area contributed by atoms with E-state index in [0.29, 0.717) is 5.82 Å². The Balaban J connectivity index is 3.38. The van der Waals surface area contributed by atoms with Gasteiger partial charge < -0.3 is 5.73 Å². The van der Waals surface area contributed by atoms with Crippen LogP contribution in [0.5, 0.6) is 0 Å². The number of nitrogen functional groups attached to an aromatic ring is 1. The van der Waals surface area contributed by atoms with Crippen molar-refractivity contribution in [1.82, 2.24) is 4.98 Å². The van der Waals surface area contributed by atoms with Crippen LogP contribution in [0.3, 0.4) is 0 Å². The van der Waals surface area contributed by atoms with Crippen molar-refractivity contribution in [1.29, 1.82) is 0 Å². The van der Waals surface area contributed by atoms with Crippen LogP contribution >= 0.6 is 15.9 Å². The smallest absolute Gasteiger partial charge is 0.124 e. The van der Waals surface area contributed by atoms with Gasteiger partial charge in [-0.05, 0) is 45.5 Å². The first-order valence-corrected chi connectivity index (χ1v) is 5.05. The van der Waals surface area contributed by atoms with Gasteiger partial charge in [-0.15, -0.1) is 0 Å². The van der Waals surface area contributed by atoms with E-state index in [4.69, 9.17) is 5.73 Å². The molecule has 0 fully saturated rings. The quantitative estimate of drug-likeness (QED) is 0.711. The molecule has 0 aliphatic heterocycles. The van der Waals surface area contributed by atoms with Crippen molar-refractivity contribution in [2.75, 3.05) is 5.73 Å². The fraction of sp³-hybridized carbons (Fsp3) is 0.500. The molecule has 0 radical (unpaired) electrons. The summed E-state index contributed by atoms with van der Waals surface area (Å²) in [6, 6.07) is 1.91. The zero-order valence-corrected chi connectivity index (χ0v) is 10.1. The summed E-state index contributed by atoms with van der Waals surface area (Å²) in [4.78, 5) is 4.20. The monoisotopic (exact) mass is 242 g/mol. The summed E-state index contributed by atoms with van der Waals surface area (Å²) in [5.41, 5.74) is 8.14. The van der Waals surface area contributed by atoms with Crippen LogP contribution < -0.4 is 5.73 Å². The molecule has 0 amide bonds. The third kappa shape index (κ3) is 2.21. The second-order valence-corrected chi connectivity index (χ2v) is 5.03. The van der Waals surface area contributed by atoms with Crippen LogP contribution in [0.2, 0.25) is 0 Å². The highest BCUT2D eigenvalue weighted by molar-refractivity contribution is 9.10. The number of anilines is 1. The minimum absolute atomic E-state index is 0.101. The van der Waals surface area contributed by atoms with Crippen molar-refractivity contribution in [3.8, 4) is 0 Å². The Hall–Kier alpha value is -0.570. The summed E-state index contributed by atoms with van der Waals surface area (Å²) in [6.45, 7) is 8.55. The number of hydrogen-bond acceptors (Lipinski definition) is 2. The third-order valence-corrected chi connectivity index (χ3v) is 2.52. The average Bonchev–Trinajstić information content (AvgIpc) is 1.78. The first-order valence-electron chi connectivity index (χ1n) is 4.25. The fourth-order valence-corrected chi connectivity index (χ4v) is 2.67. The van der Waals surface area contributed by atoms with Crippen molar-refractivity contribution in [2.45, 2.75) is 33.1 Å². The Bertz CT molecular complexity index is 303. The van der Waals surface area contributed by atoms with E-state index in [-0.39, 0.29) is 5.41 Å². The van der Waals surface area contributed by atoms with Gasteiger partial charge >= 0.3 is 0 Å². The molecule has 2 N–H and O–H groups in total. The van der Waals surface area contributed by atoms with Crippen LogP contribution in [-0.4, -0.2) is 4.98 Å². The van der Waals surface area contributed by atoms with E-state index < -0.39 is 0 Å². The van der Waals surface area contributed by atoms with Crippen molar-refractivity contribution >= 4 is 21.7 Å². The zero-order valence-electron chi connectivity index (χ0n) is 8.48. The van der Waals surface area contributed by atoms with Gasteiger partial charge in [0.25, 0.3) is 0 Å². The number of aromatic nitrogens is 1. The molecule has 1 aromatic rings. The first kappa shape index (κ1) is 10.5. The third-order valence-electron chi connectivity index (χ3n) is 1.94. The van der Waals surface area contributed by atoms with Gasteiger partial charge in [0.1, 0.15) is 10.4 Å². The Labute approximate surface area is 87.7 Å². The first-order chi connectivity index (χ1) is 5.82. The maximum absolute atomic E-state index is 5.63. The molecule has 0 aliphatic rings. The largest absolute Gasteiger partial charge is 0.384 e. The van der Waals surface area contributed by atoms with Crippen LogP contribution in [0.1, 0.15) is 31.9 Å². The van der Waals surface area contributed by atoms with Gasteiger partial charge in [-0.25, -0.2) is 4.98 Å². The molecular weight excluding hydrogens is 228 g/mol. The molecule has 1 heterocycles. The number of aryl methyl sites for hydroxylation is 1. The van der Waals surface area contributed by atoms with Crippen molar-refractivity contribution in [3.63, 3.8) is 0 Å². The van der Waals surface area contributed by atoms with Gasteiger partial charge in [-0.2, -0.15) is 0 Å². The van der Waals surface area contributed by atoms with Crippen LogP contribution in [0.15, 0.2) is 10.7 Å². The Morgan fingerprint density at radius 1 is 1.38 bits per heavy atom. The molecule has 0 bridgehead atoms. The van der Waals surface area contributed by atoms with E-state index in [9.17, 15) is 0 Å². The van der Waals surface area contributed by atoms with E-state index in [1.54, 1.807) is 0 Å². The molecule has 72 valence electrons. The summed E-state index contributed by atoms with van der Waals surface area (Å²) in [5.74, 6) is 0.567. The predicted molar refractivity (Wildman–Crippen MR) is 59.8 cm³/mol. The molecule has 1 aromatic heterocycles. The molecule has 0 unspecified atom stereocenters. The summed E-state index contributed by atoms with van der Waals surface area (Å²) in [6.07, 6.45) is 0. The lowest BCUT2D eigenvalue weighted by Gasteiger charge is -2.22. The van der Waals surface area contributed by atoms with Crippen molar-refractivity contribution < 1.29 is 0 Å². The lowest BCUT2D eigenvalue weighted by molar-refractivity contribution is 0.579. The standard InChI is InChI=1S/C10H15BrN2/c1-6-5-7(12)13-9(11)8(6)10(2,3)4/h5H,1-4H3,(H2,12,13). The minimum Gasteiger partial charge on any atom is -0.384 e. The number of hydrogen-bond donors (Lipinski definition) is 1. The van der Waals surface area contributed by atoms with E-state index in [1.165, 1.54) is 11.1 Å². The van der Waals surface area contributed by atoms with Crippen LogP contribution in [0.25, 0.3) is 0 Å².